The molecule has 2 aliphatic carbocycles. The number of hydroxylamine groups is 1. The van der Waals surface area contributed by atoms with Crippen molar-refractivity contribution in [1.29, 1.82) is 0 Å². The zero-order valence-corrected chi connectivity index (χ0v) is 21.6. The van der Waals surface area contributed by atoms with Gasteiger partial charge in [-0.05, 0) is 68.9 Å². The van der Waals surface area contributed by atoms with Crippen molar-refractivity contribution in [3.05, 3.63) is 53.6 Å². The number of halogens is 2. The highest BCUT2D eigenvalue weighted by Gasteiger charge is 2.29. The van der Waals surface area contributed by atoms with Gasteiger partial charge in [0, 0.05) is 37.6 Å². The summed E-state index contributed by atoms with van der Waals surface area (Å²) in [6.07, 6.45) is 12.7. The minimum Gasteiger partial charge on any atom is -0.351 e. The second-order valence-electron chi connectivity index (χ2n) is 10.1. The van der Waals surface area contributed by atoms with Crippen LogP contribution in [0.2, 0.25) is 0 Å². The predicted molar refractivity (Wildman–Crippen MR) is 140 cm³/mol. The van der Waals surface area contributed by atoms with Crippen LogP contribution in [0.15, 0.2) is 41.4 Å². The summed E-state index contributed by atoms with van der Waals surface area (Å²) in [4.78, 5) is 21.8. The van der Waals surface area contributed by atoms with E-state index in [0.717, 1.165) is 70.4 Å². The highest BCUT2D eigenvalue weighted by atomic mass is 19.1. The van der Waals surface area contributed by atoms with Gasteiger partial charge in [0.25, 0.3) is 0 Å². The molecule has 0 aromatic heterocycles. The molecule has 0 bridgehead atoms. The molecule has 1 fully saturated rings. The van der Waals surface area contributed by atoms with Gasteiger partial charge in [-0.2, -0.15) is 5.48 Å². The van der Waals surface area contributed by atoms with Gasteiger partial charge < -0.3 is 11.1 Å². The van der Waals surface area contributed by atoms with Gasteiger partial charge >= 0.3 is 6.03 Å². The molecule has 2 atom stereocenters. The standard InChI is InChI=1S/C28H40F2N4O2/c1-4-19(5-2)17-32-18(3)14-20-6-12-23(13-7-20)36-34-22-10-8-21(9-11-22)24-15-26(30)27(16-25(24)29)33-28(31)35/h4,6,15-16,19,21-23,34H,1,5,7-14,17H2,2-3H3,(H3,31,33,35)/p+1. The van der Waals surface area contributed by atoms with Crippen molar-refractivity contribution in [3.63, 3.8) is 0 Å². The van der Waals surface area contributed by atoms with E-state index in [0.29, 0.717) is 17.5 Å². The van der Waals surface area contributed by atoms with E-state index in [-0.39, 0.29) is 17.7 Å². The van der Waals surface area contributed by atoms with Crippen LogP contribution in [0.3, 0.4) is 0 Å². The normalized spacial score (nSPS) is 23.6. The molecule has 1 saturated carbocycles. The number of benzene rings is 1. The van der Waals surface area contributed by atoms with Gasteiger partial charge in [-0.3, -0.25) is 4.99 Å². The molecule has 1 aromatic carbocycles. The molecule has 0 saturated heterocycles. The number of rotatable bonds is 11. The van der Waals surface area contributed by atoms with Crippen molar-refractivity contribution < 1.29 is 23.9 Å². The van der Waals surface area contributed by atoms with E-state index < -0.39 is 17.7 Å². The molecule has 2 unspecified atom stereocenters. The predicted octanol–water partition coefficient (Wildman–Crippen LogP) is 5.52. The monoisotopic (exact) mass is 503 g/mol. The molecule has 6 nitrogen and oxygen atoms in total. The quantitative estimate of drug-likeness (QED) is 0.211. The maximum absolute atomic E-state index is 14.6. The first kappa shape index (κ1) is 28.0. The van der Waals surface area contributed by atoms with E-state index >= 15 is 0 Å². The van der Waals surface area contributed by atoms with Crippen molar-refractivity contribution in [1.82, 2.24) is 0 Å². The number of carbonyl (C=O) groups excluding carboxylic acids is 1. The first-order valence-corrected chi connectivity index (χ1v) is 13.1. The minimum atomic E-state index is -0.921. The molecule has 2 aliphatic rings. The summed E-state index contributed by atoms with van der Waals surface area (Å²) < 4.78 is 28.8. The molecule has 8 heteroatoms. The van der Waals surface area contributed by atoms with Gasteiger partial charge in [-0.15, -0.1) is 6.58 Å². The molecule has 1 aromatic rings. The SMILES string of the molecule is C=CC(CC)CN=C(C)CC1=CCC(O[NH2+]C2CCC(c3cc(F)c(NC(N)=O)cc3F)CC2)CC1. The molecular formula is C28H41F2N4O2+. The zero-order chi connectivity index (χ0) is 26.1. The number of amides is 2. The fraction of sp³-hybridized carbons (Fsp3) is 0.571. The second-order valence-corrected chi connectivity index (χ2v) is 10.1. The largest absolute Gasteiger partial charge is 0.351 e. The second kappa shape index (κ2) is 13.7. The summed E-state index contributed by atoms with van der Waals surface area (Å²) in [7, 11) is 0. The molecule has 0 spiro atoms. The van der Waals surface area contributed by atoms with Crippen LogP contribution >= 0.6 is 0 Å². The Bertz CT molecular complexity index is 971. The van der Waals surface area contributed by atoms with E-state index in [2.05, 4.69) is 31.8 Å². The van der Waals surface area contributed by atoms with Gasteiger partial charge in [0.15, 0.2) is 0 Å². The van der Waals surface area contributed by atoms with Crippen molar-refractivity contribution in [2.75, 3.05) is 11.9 Å². The fourth-order valence-corrected chi connectivity index (χ4v) is 5.07. The number of anilines is 1. The third kappa shape index (κ3) is 8.23. The number of allylic oxidation sites excluding steroid dienone is 1. The Kier molecular flexibility index (Phi) is 10.6. The average molecular weight is 504 g/mol. The topological polar surface area (TPSA) is 93.3 Å². The van der Waals surface area contributed by atoms with E-state index in [1.165, 1.54) is 17.4 Å². The van der Waals surface area contributed by atoms with Gasteiger partial charge in [0.1, 0.15) is 23.8 Å². The lowest BCUT2D eigenvalue weighted by Crippen LogP contribution is -2.90. The summed E-state index contributed by atoms with van der Waals surface area (Å²) in [6, 6.07) is 1.60. The van der Waals surface area contributed by atoms with Crippen LogP contribution < -0.4 is 16.5 Å². The van der Waals surface area contributed by atoms with Crippen LogP contribution in [-0.2, 0) is 4.84 Å². The fourth-order valence-electron chi connectivity index (χ4n) is 5.07. The molecule has 36 heavy (non-hydrogen) atoms. The first-order valence-electron chi connectivity index (χ1n) is 13.1. The third-order valence-electron chi connectivity index (χ3n) is 7.41. The van der Waals surface area contributed by atoms with Crippen LogP contribution in [0, 0.1) is 17.6 Å². The molecule has 5 N–H and O–H groups in total. The van der Waals surface area contributed by atoms with Gasteiger partial charge in [0.05, 0.1) is 5.69 Å². The van der Waals surface area contributed by atoms with Crippen molar-refractivity contribution in [2.45, 2.75) is 89.7 Å². The van der Waals surface area contributed by atoms with Crippen molar-refractivity contribution in [2.24, 2.45) is 16.6 Å². The summed E-state index contributed by atoms with van der Waals surface area (Å²) in [6.45, 7) is 8.97. The lowest BCUT2D eigenvalue weighted by molar-refractivity contribution is -0.927. The Morgan fingerprint density at radius 3 is 2.64 bits per heavy atom. The number of urea groups is 1. The van der Waals surface area contributed by atoms with Gasteiger partial charge in [0.2, 0.25) is 0 Å². The van der Waals surface area contributed by atoms with E-state index in [1.54, 1.807) is 0 Å². The highest BCUT2D eigenvalue weighted by molar-refractivity contribution is 5.88. The Morgan fingerprint density at radius 2 is 2.03 bits per heavy atom. The van der Waals surface area contributed by atoms with Crippen molar-refractivity contribution >= 4 is 17.4 Å². The number of carbonyl (C=O) groups is 1. The Morgan fingerprint density at radius 1 is 1.28 bits per heavy atom. The average Bonchev–Trinajstić information content (AvgIpc) is 2.86. The molecule has 2 amide bonds. The number of quaternary nitrogens is 1. The molecule has 0 aliphatic heterocycles. The highest BCUT2D eigenvalue weighted by Crippen LogP contribution is 2.35. The van der Waals surface area contributed by atoms with Crippen LogP contribution in [0.4, 0.5) is 19.3 Å². The number of hydrogen-bond donors (Lipinski definition) is 3. The van der Waals surface area contributed by atoms with Crippen LogP contribution in [0.5, 0.6) is 0 Å². The number of nitrogens with zero attached hydrogens (tertiary/aromatic N) is 1. The van der Waals surface area contributed by atoms with E-state index in [9.17, 15) is 13.6 Å². The number of aliphatic imine (C=N–C) groups is 1. The Labute approximate surface area is 213 Å². The smallest absolute Gasteiger partial charge is 0.316 e. The Hall–Kier alpha value is -2.58. The maximum atomic E-state index is 14.6. The first-order chi connectivity index (χ1) is 17.3. The van der Waals surface area contributed by atoms with E-state index in [1.807, 2.05) is 11.6 Å². The Balaban J connectivity index is 1.40. The summed E-state index contributed by atoms with van der Waals surface area (Å²) in [5.41, 5.74) is 9.74. The number of primary amides is 1. The van der Waals surface area contributed by atoms with Gasteiger partial charge in [-0.25, -0.2) is 18.4 Å². The molecule has 198 valence electrons. The summed E-state index contributed by atoms with van der Waals surface area (Å²) >= 11 is 0. The molecular weight excluding hydrogens is 462 g/mol. The number of nitrogens with two attached hydrogens (primary N) is 2. The number of hydrogen-bond acceptors (Lipinski definition) is 3. The minimum absolute atomic E-state index is 0.0454. The molecule has 0 heterocycles. The van der Waals surface area contributed by atoms with Crippen LogP contribution in [-0.4, -0.2) is 30.4 Å². The van der Waals surface area contributed by atoms with Crippen LogP contribution in [0.1, 0.15) is 83.1 Å². The third-order valence-corrected chi connectivity index (χ3v) is 7.41. The maximum Gasteiger partial charge on any atom is 0.316 e. The zero-order valence-electron chi connectivity index (χ0n) is 21.6. The molecule has 0 radical (unpaired) electrons. The van der Waals surface area contributed by atoms with Gasteiger partial charge in [-0.1, -0.05) is 24.6 Å². The van der Waals surface area contributed by atoms with Crippen molar-refractivity contribution in [3.8, 4) is 0 Å². The molecule has 3 rings (SSSR count). The summed E-state index contributed by atoms with van der Waals surface area (Å²) in [5, 5.41) is 2.11. The van der Waals surface area contributed by atoms with E-state index in [4.69, 9.17) is 15.6 Å². The van der Waals surface area contributed by atoms with Crippen LogP contribution in [0.25, 0.3) is 0 Å². The lowest BCUT2D eigenvalue weighted by atomic mass is 9.81. The lowest BCUT2D eigenvalue weighted by Gasteiger charge is -2.28. The summed E-state index contributed by atoms with van der Waals surface area (Å²) in [5.74, 6) is -0.777. The number of nitrogens with one attached hydrogen (secondary N) is 1.